The van der Waals surface area contributed by atoms with Crippen LogP contribution >= 0.6 is 15.9 Å². The van der Waals surface area contributed by atoms with E-state index in [1.807, 2.05) is 0 Å². The maximum Gasteiger partial charge on any atom is 0.150 e. The van der Waals surface area contributed by atoms with Crippen molar-refractivity contribution in [2.45, 2.75) is 0 Å². The molecule has 0 atom stereocenters. The number of nitrogens with two attached hydrogens (primary N) is 1. The Balaban J connectivity index is 2.95. The van der Waals surface area contributed by atoms with Crippen LogP contribution in [0.3, 0.4) is 0 Å². The van der Waals surface area contributed by atoms with E-state index in [1.165, 1.54) is 6.33 Å². The quantitative estimate of drug-likeness (QED) is 0.735. The molecule has 2 heterocycles. The minimum absolute atomic E-state index is 0.426. The fraction of sp³-hybridized carbons (Fsp3) is 0. The lowest BCUT2D eigenvalue weighted by Crippen LogP contribution is -1.94. The molecule has 2 aromatic rings. The highest BCUT2D eigenvalue weighted by molar-refractivity contribution is 9.10. The van der Waals surface area contributed by atoms with Crippen molar-refractivity contribution in [3.63, 3.8) is 0 Å². The third-order valence-corrected chi connectivity index (χ3v) is 2.16. The molecule has 12 heavy (non-hydrogen) atoms. The van der Waals surface area contributed by atoms with E-state index in [0.29, 0.717) is 11.3 Å². The second-order valence-electron chi connectivity index (χ2n) is 2.28. The van der Waals surface area contributed by atoms with Gasteiger partial charge in [-0.05, 0) is 15.9 Å². The highest BCUT2D eigenvalue weighted by atomic mass is 79.9. The maximum absolute atomic E-state index is 5.60. The number of pyridine rings is 1. The fourth-order valence-electron chi connectivity index (χ4n) is 0.965. The lowest BCUT2D eigenvalue weighted by molar-refractivity contribution is 1.20. The van der Waals surface area contributed by atoms with Crippen molar-refractivity contribution < 1.29 is 0 Å². The SMILES string of the molecule is Nc1ncc(Br)c2cncnc12. The van der Waals surface area contributed by atoms with Gasteiger partial charge >= 0.3 is 0 Å². The molecule has 4 nitrogen and oxygen atoms in total. The van der Waals surface area contributed by atoms with Crippen LogP contribution in [0.5, 0.6) is 0 Å². The van der Waals surface area contributed by atoms with Crippen molar-refractivity contribution >= 4 is 32.7 Å². The molecule has 0 aliphatic rings. The molecule has 0 unspecified atom stereocenters. The summed E-state index contributed by atoms with van der Waals surface area (Å²) in [5.74, 6) is 0.426. The van der Waals surface area contributed by atoms with E-state index in [9.17, 15) is 0 Å². The molecule has 0 fully saturated rings. The van der Waals surface area contributed by atoms with E-state index in [1.54, 1.807) is 12.4 Å². The van der Waals surface area contributed by atoms with E-state index in [4.69, 9.17) is 5.73 Å². The number of nitrogens with zero attached hydrogens (tertiary/aromatic N) is 3. The molecule has 0 spiro atoms. The zero-order valence-corrected chi connectivity index (χ0v) is 7.62. The summed E-state index contributed by atoms with van der Waals surface area (Å²) >= 11 is 3.33. The van der Waals surface area contributed by atoms with Crippen molar-refractivity contribution in [1.82, 2.24) is 15.0 Å². The predicted molar refractivity (Wildman–Crippen MR) is 49.4 cm³/mol. The van der Waals surface area contributed by atoms with Crippen LogP contribution in [0.15, 0.2) is 23.2 Å². The number of rotatable bonds is 0. The van der Waals surface area contributed by atoms with Crippen LogP contribution in [0.4, 0.5) is 5.82 Å². The number of fused-ring (bicyclic) bond motifs is 1. The molecular weight excluding hydrogens is 220 g/mol. The van der Waals surface area contributed by atoms with Gasteiger partial charge in [-0.2, -0.15) is 0 Å². The van der Waals surface area contributed by atoms with E-state index in [0.717, 1.165) is 9.86 Å². The summed E-state index contributed by atoms with van der Waals surface area (Å²) in [7, 11) is 0. The van der Waals surface area contributed by atoms with E-state index in [2.05, 4.69) is 30.9 Å². The number of nitrogen functional groups attached to an aromatic ring is 1. The van der Waals surface area contributed by atoms with Gasteiger partial charge < -0.3 is 5.73 Å². The first-order valence-corrected chi connectivity index (χ1v) is 4.08. The Morgan fingerprint density at radius 1 is 1.25 bits per heavy atom. The normalized spacial score (nSPS) is 10.4. The molecular formula is C7H5BrN4. The molecule has 2 N–H and O–H groups in total. The lowest BCUT2D eigenvalue weighted by Gasteiger charge is -1.99. The number of aromatic nitrogens is 3. The Kier molecular flexibility index (Phi) is 1.65. The second-order valence-corrected chi connectivity index (χ2v) is 3.13. The summed E-state index contributed by atoms with van der Waals surface area (Å²) in [6.45, 7) is 0. The highest BCUT2D eigenvalue weighted by Crippen LogP contribution is 2.23. The Labute approximate surface area is 77.0 Å². The first-order chi connectivity index (χ1) is 5.79. The molecule has 5 heteroatoms. The number of hydrogen-bond acceptors (Lipinski definition) is 4. The van der Waals surface area contributed by atoms with Crippen LogP contribution in [0.1, 0.15) is 0 Å². The molecule has 0 amide bonds. The van der Waals surface area contributed by atoms with Gasteiger partial charge in [0.2, 0.25) is 0 Å². The summed E-state index contributed by atoms with van der Waals surface area (Å²) in [6, 6.07) is 0. The number of halogens is 1. The van der Waals surface area contributed by atoms with Crippen molar-refractivity contribution in [1.29, 1.82) is 0 Å². The van der Waals surface area contributed by atoms with Gasteiger partial charge in [-0.15, -0.1) is 0 Å². The second kappa shape index (κ2) is 2.67. The average Bonchev–Trinajstić information content (AvgIpc) is 2.12. The summed E-state index contributed by atoms with van der Waals surface area (Å²) in [5, 5.41) is 0.880. The summed E-state index contributed by atoms with van der Waals surface area (Å²) in [4.78, 5) is 11.9. The summed E-state index contributed by atoms with van der Waals surface area (Å²) < 4.78 is 0.854. The van der Waals surface area contributed by atoms with Gasteiger partial charge in [0.25, 0.3) is 0 Å². The largest absolute Gasteiger partial charge is 0.382 e. The van der Waals surface area contributed by atoms with Crippen LogP contribution in [0.2, 0.25) is 0 Å². The molecule has 0 aromatic carbocycles. The third kappa shape index (κ3) is 1.02. The van der Waals surface area contributed by atoms with Crippen LogP contribution in [0, 0.1) is 0 Å². The molecule has 0 aliphatic carbocycles. The Morgan fingerprint density at radius 3 is 2.83 bits per heavy atom. The Bertz CT molecular complexity index is 388. The van der Waals surface area contributed by atoms with E-state index >= 15 is 0 Å². The molecule has 2 rings (SSSR count). The molecule has 0 aliphatic heterocycles. The smallest absolute Gasteiger partial charge is 0.150 e. The van der Waals surface area contributed by atoms with Gasteiger partial charge in [0.15, 0.2) is 0 Å². The Morgan fingerprint density at radius 2 is 2.08 bits per heavy atom. The Hall–Kier alpha value is -1.23. The summed E-state index contributed by atoms with van der Waals surface area (Å²) in [5.41, 5.74) is 6.28. The molecule has 0 saturated heterocycles. The fourth-order valence-corrected chi connectivity index (χ4v) is 1.36. The van der Waals surface area contributed by atoms with Gasteiger partial charge in [0.05, 0.1) is 0 Å². The van der Waals surface area contributed by atoms with Crippen LogP contribution in [-0.2, 0) is 0 Å². The predicted octanol–water partition coefficient (Wildman–Crippen LogP) is 1.37. The molecule has 0 radical (unpaired) electrons. The minimum Gasteiger partial charge on any atom is -0.382 e. The third-order valence-electron chi connectivity index (χ3n) is 1.53. The van der Waals surface area contributed by atoms with Crippen molar-refractivity contribution in [3.05, 3.63) is 23.2 Å². The zero-order valence-electron chi connectivity index (χ0n) is 6.03. The van der Waals surface area contributed by atoms with E-state index < -0.39 is 0 Å². The standard InChI is InChI=1S/C7H5BrN4/c8-5-2-11-7(9)6-4(5)1-10-3-12-6/h1-3H,(H2,9,11). The van der Waals surface area contributed by atoms with E-state index in [-0.39, 0.29) is 0 Å². The van der Waals surface area contributed by atoms with Crippen molar-refractivity contribution in [3.8, 4) is 0 Å². The molecule has 0 bridgehead atoms. The van der Waals surface area contributed by atoms with Gasteiger partial charge in [-0.25, -0.2) is 15.0 Å². The van der Waals surface area contributed by atoms with Crippen molar-refractivity contribution in [2.24, 2.45) is 0 Å². The zero-order chi connectivity index (χ0) is 8.55. The summed E-state index contributed by atoms with van der Waals surface area (Å²) in [6.07, 6.45) is 4.79. The highest BCUT2D eigenvalue weighted by Gasteiger charge is 2.02. The van der Waals surface area contributed by atoms with Gasteiger partial charge in [-0.1, -0.05) is 0 Å². The molecule has 2 aromatic heterocycles. The van der Waals surface area contributed by atoms with Crippen molar-refractivity contribution in [2.75, 3.05) is 5.73 Å². The maximum atomic E-state index is 5.60. The van der Waals surface area contributed by atoms with Crippen LogP contribution < -0.4 is 5.73 Å². The first-order valence-electron chi connectivity index (χ1n) is 3.29. The van der Waals surface area contributed by atoms with Crippen LogP contribution in [0.25, 0.3) is 10.9 Å². The average molecular weight is 225 g/mol. The lowest BCUT2D eigenvalue weighted by atomic mass is 10.3. The number of anilines is 1. The number of hydrogen-bond donors (Lipinski definition) is 1. The topological polar surface area (TPSA) is 64.7 Å². The van der Waals surface area contributed by atoms with Gasteiger partial charge in [0, 0.05) is 22.3 Å². The monoisotopic (exact) mass is 224 g/mol. The minimum atomic E-state index is 0.426. The van der Waals surface area contributed by atoms with Gasteiger partial charge in [0.1, 0.15) is 17.7 Å². The first kappa shape index (κ1) is 7.42. The van der Waals surface area contributed by atoms with Gasteiger partial charge in [-0.3, -0.25) is 0 Å². The molecule has 60 valence electrons. The van der Waals surface area contributed by atoms with Crippen LogP contribution in [-0.4, -0.2) is 15.0 Å². The molecule has 0 saturated carbocycles.